The minimum absolute atomic E-state index is 0.0385. The first-order valence-electron chi connectivity index (χ1n) is 6.44. The van der Waals surface area contributed by atoms with Crippen molar-refractivity contribution in [3.05, 3.63) is 24.2 Å². The van der Waals surface area contributed by atoms with Gasteiger partial charge in [-0.15, -0.1) is 0 Å². The van der Waals surface area contributed by atoms with Gasteiger partial charge in [0.2, 0.25) is 5.91 Å². The maximum Gasteiger partial charge on any atom is 0.234 e. The lowest BCUT2D eigenvalue weighted by Crippen LogP contribution is -2.37. The Kier molecular flexibility index (Phi) is 4.38. The molecule has 0 saturated carbocycles. The molecular weight excluding hydrogens is 230 g/mol. The third kappa shape index (κ3) is 3.34. The largest absolute Gasteiger partial charge is 0.467 e. The Morgan fingerprint density at radius 2 is 2.56 bits per heavy atom. The van der Waals surface area contributed by atoms with Crippen molar-refractivity contribution >= 4 is 5.91 Å². The molecule has 1 saturated heterocycles. The summed E-state index contributed by atoms with van der Waals surface area (Å²) >= 11 is 0. The van der Waals surface area contributed by atoms with Gasteiger partial charge in [-0.05, 0) is 44.5 Å². The number of carbonyl (C=O) groups excluding carboxylic acids is 1. The molecule has 5 heteroatoms. The third-order valence-corrected chi connectivity index (χ3v) is 3.42. The molecule has 2 heterocycles. The van der Waals surface area contributed by atoms with E-state index in [0.29, 0.717) is 19.0 Å². The Balaban J connectivity index is 1.75. The molecule has 2 atom stereocenters. The van der Waals surface area contributed by atoms with Crippen molar-refractivity contribution in [3.63, 3.8) is 0 Å². The zero-order valence-corrected chi connectivity index (χ0v) is 10.8. The predicted molar refractivity (Wildman–Crippen MR) is 68.9 cm³/mol. The van der Waals surface area contributed by atoms with Crippen molar-refractivity contribution in [1.82, 2.24) is 10.2 Å². The van der Waals surface area contributed by atoms with Gasteiger partial charge in [0, 0.05) is 6.54 Å². The normalized spacial score (nSPS) is 22.0. The molecule has 0 aliphatic carbocycles. The summed E-state index contributed by atoms with van der Waals surface area (Å²) < 4.78 is 5.26. The van der Waals surface area contributed by atoms with Gasteiger partial charge in [0.25, 0.3) is 0 Å². The van der Waals surface area contributed by atoms with Gasteiger partial charge >= 0.3 is 0 Å². The Morgan fingerprint density at radius 1 is 1.72 bits per heavy atom. The molecule has 1 aromatic rings. The van der Waals surface area contributed by atoms with E-state index in [1.165, 1.54) is 0 Å². The van der Waals surface area contributed by atoms with Gasteiger partial charge in [0.05, 0.1) is 18.8 Å². The van der Waals surface area contributed by atoms with Crippen LogP contribution in [-0.2, 0) is 4.79 Å². The van der Waals surface area contributed by atoms with E-state index in [2.05, 4.69) is 10.2 Å². The molecule has 1 aliphatic rings. The third-order valence-electron chi connectivity index (χ3n) is 3.42. The number of furan rings is 1. The molecule has 0 bridgehead atoms. The average Bonchev–Trinajstić information content (AvgIpc) is 2.98. The first-order chi connectivity index (χ1) is 8.69. The summed E-state index contributed by atoms with van der Waals surface area (Å²) in [5, 5.41) is 2.94. The van der Waals surface area contributed by atoms with Crippen LogP contribution in [0.4, 0.5) is 0 Å². The van der Waals surface area contributed by atoms with E-state index in [4.69, 9.17) is 10.2 Å². The number of likely N-dealkylation sites (tertiary alicyclic amines) is 1. The first kappa shape index (κ1) is 13.1. The highest BCUT2D eigenvalue weighted by molar-refractivity contribution is 5.78. The highest BCUT2D eigenvalue weighted by Crippen LogP contribution is 2.15. The van der Waals surface area contributed by atoms with Gasteiger partial charge in [-0.3, -0.25) is 9.69 Å². The standard InChI is InChI=1S/C13H21N3O2/c1-10(12-3-2-6-18-12)15-13(17)9-16-5-4-11(7-14)8-16/h2-3,6,10-11H,4-5,7-9,14H2,1H3,(H,15,17). The summed E-state index contributed by atoms with van der Waals surface area (Å²) in [4.78, 5) is 14.0. The Morgan fingerprint density at radius 3 is 3.17 bits per heavy atom. The van der Waals surface area contributed by atoms with Gasteiger partial charge < -0.3 is 15.5 Å². The Bertz CT molecular complexity index is 378. The summed E-state index contributed by atoms with van der Waals surface area (Å²) in [6.07, 6.45) is 2.71. The van der Waals surface area contributed by atoms with Crippen LogP contribution < -0.4 is 11.1 Å². The van der Waals surface area contributed by atoms with Gasteiger partial charge in [0.15, 0.2) is 0 Å². The number of carbonyl (C=O) groups is 1. The molecule has 100 valence electrons. The van der Waals surface area contributed by atoms with Gasteiger partial charge in [-0.25, -0.2) is 0 Å². The van der Waals surface area contributed by atoms with Crippen LogP contribution in [0.3, 0.4) is 0 Å². The molecule has 0 spiro atoms. The van der Waals surface area contributed by atoms with Crippen LogP contribution in [-0.4, -0.2) is 37.0 Å². The minimum atomic E-state index is -0.0830. The van der Waals surface area contributed by atoms with Crippen LogP contribution in [0.1, 0.15) is 25.1 Å². The van der Waals surface area contributed by atoms with Crippen LogP contribution in [0.15, 0.2) is 22.8 Å². The maximum atomic E-state index is 11.9. The minimum Gasteiger partial charge on any atom is -0.467 e. The number of amides is 1. The maximum absolute atomic E-state index is 11.9. The molecule has 3 N–H and O–H groups in total. The van der Waals surface area contributed by atoms with E-state index in [-0.39, 0.29) is 11.9 Å². The second kappa shape index (κ2) is 6.02. The number of hydrogen-bond acceptors (Lipinski definition) is 4. The van der Waals surface area contributed by atoms with Crippen molar-refractivity contribution < 1.29 is 9.21 Å². The fraction of sp³-hybridized carbons (Fsp3) is 0.615. The molecular formula is C13H21N3O2. The van der Waals surface area contributed by atoms with Crippen LogP contribution in [0.2, 0.25) is 0 Å². The smallest absolute Gasteiger partial charge is 0.234 e. The summed E-state index contributed by atoms with van der Waals surface area (Å²) in [6.45, 7) is 4.97. The molecule has 1 aliphatic heterocycles. The summed E-state index contributed by atoms with van der Waals surface area (Å²) in [5.74, 6) is 1.36. The monoisotopic (exact) mass is 251 g/mol. The Labute approximate surface area is 107 Å². The number of rotatable bonds is 5. The van der Waals surface area contributed by atoms with Crippen LogP contribution in [0, 0.1) is 5.92 Å². The number of hydrogen-bond donors (Lipinski definition) is 2. The molecule has 1 amide bonds. The van der Waals surface area contributed by atoms with Crippen LogP contribution in [0.5, 0.6) is 0 Å². The molecule has 1 aromatic heterocycles. The lowest BCUT2D eigenvalue weighted by atomic mass is 10.1. The fourth-order valence-corrected chi connectivity index (χ4v) is 2.35. The molecule has 1 fully saturated rings. The van der Waals surface area contributed by atoms with E-state index in [1.807, 2.05) is 19.1 Å². The van der Waals surface area contributed by atoms with Crippen molar-refractivity contribution in [2.75, 3.05) is 26.2 Å². The number of nitrogens with two attached hydrogens (primary N) is 1. The van der Waals surface area contributed by atoms with E-state index in [0.717, 1.165) is 25.3 Å². The van der Waals surface area contributed by atoms with Crippen molar-refractivity contribution in [2.45, 2.75) is 19.4 Å². The molecule has 0 radical (unpaired) electrons. The predicted octanol–water partition coefficient (Wildman–Crippen LogP) is 0.737. The van der Waals surface area contributed by atoms with E-state index in [1.54, 1.807) is 6.26 Å². The van der Waals surface area contributed by atoms with Gasteiger partial charge in [0.1, 0.15) is 5.76 Å². The second-order valence-electron chi connectivity index (χ2n) is 4.93. The quantitative estimate of drug-likeness (QED) is 0.809. The fourth-order valence-electron chi connectivity index (χ4n) is 2.35. The molecule has 5 nitrogen and oxygen atoms in total. The van der Waals surface area contributed by atoms with Crippen LogP contribution in [0.25, 0.3) is 0 Å². The first-order valence-corrected chi connectivity index (χ1v) is 6.44. The molecule has 2 unspecified atom stereocenters. The number of nitrogens with one attached hydrogen (secondary N) is 1. The van der Waals surface area contributed by atoms with Crippen molar-refractivity contribution in [2.24, 2.45) is 11.7 Å². The summed E-state index contributed by atoms with van der Waals surface area (Å²) in [5.41, 5.74) is 5.63. The second-order valence-corrected chi connectivity index (χ2v) is 4.93. The SMILES string of the molecule is CC(NC(=O)CN1CCC(CN)C1)c1ccco1. The highest BCUT2D eigenvalue weighted by Gasteiger charge is 2.23. The topological polar surface area (TPSA) is 71.5 Å². The van der Waals surface area contributed by atoms with Gasteiger partial charge in [-0.2, -0.15) is 0 Å². The molecule has 0 aromatic carbocycles. The molecule has 2 rings (SSSR count). The van der Waals surface area contributed by atoms with E-state index < -0.39 is 0 Å². The van der Waals surface area contributed by atoms with Crippen molar-refractivity contribution in [1.29, 1.82) is 0 Å². The zero-order valence-electron chi connectivity index (χ0n) is 10.8. The lowest BCUT2D eigenvalue weighted by Gasteiger charge is -2.17. The van der Waals surface area contributed by atoms with Crippen LogP contribution >= 0.6 is 0 Å². The zero-order chi connectivity index (χ0) is 13.0. The Hall–Kier alpha value is -1.33. The van der Waals surface area contributed by atoms with E-state index in [9.17, 15) is 4.79 Å². The van der Waals surface area contributed by atoms with Crippen molar-refractivity contribution in [3.8, 4) is 0 Å². The summed E-state index contributed by atoms with van der Waals surface area (Å²) in [7, 11) is 0. The number of nitrogens with zero attached hydrogens (tertiary/aromatic N) is 1. The van der Waals surface area contributed by atoms with Gasteiger partial charge in [-0.1, -0.05) is 0 Å². The average molecular weight is 251 g/mol. The van der Waals surface area contributed by atoms with E-state index >= 15 is 0 Å². The molecule has 18 heavy (non-hydrogen) atoms. The summed E-state index contributed by atoms with van der Waals surface area (Å²) in [6, 6.07) is 3.61. The lowest BCUT2D eigenvalue weighted by molar-refractivity contribution is -0.122. The highest BCUT2D eigenvalue weighted by atomic mass is 16.3.